The lowest BCUT2D eigenvalue weighted by molar-refractivity contribution is 0.0932. The highest BCUT2D eigenvalue weighted by Crippen LogP contribution is 2.11. The van der Waals surface area contributed by atoms with E-state index in [1.807, 2.05) is 13.8 Å². The van der Waals surface area contributed by atoms with Crippen molar-refractivity contribution in [1.29, 1.82) is 0 Å². The largest absolute Gasteiger partial charge is 0.450 e. The van der Waals surface area contributed by atoms with Crippen molar-refractivity contribution in [2.45, 2.75) is 38.8 Å². The third-order valence-electron chi connectivity index (χ3n) is 2.82. The van der Waals surface area contributed by atoms with Crippen molar-refractivity contribution in [2.75, 3.05) is 26.3 Å². The van der Waals surface area contributed by atoms with Crippen molar-refractivity contribution in [1.82, 2.24) is 10.2 Å². The van der Waals surface area contributed by atoms with Crippen LogP contribution in [-0.2, 0) is 4.74 Å². The van der Waals surface area contributed by atoms with Gasteiger partial charge in [0, 0.05) is 25.2 Å². The van der Waals surface area contributed by atoms with Crippen molar-refractivity contribution in [3.05, 3.63) is 0 Å². The van der Waals surface area contributed by atoms with E-state index in [0.717, 1.165) is 25.9 Å². The summed E-state index contributed by atoms with van der Waals surface area (Å²) in [5.41, 5.74) is 0. The molecule has 0 spiro atoms. The highest BCUT2D eigenvalue weighted by molar-refractivity contribution is 5.67. The Morgan fingerprint density at radius 2 is 2.19 bits per heavy atom. The molecule has 1 fully saturated rings. The van der Waals surface area contributed by atoms with Crippen LogP contribution in [0.5, 0.6) is 0 Å². The molecule has 16 heavy (non-hydrogen) atoms. The lowest BCUT2D eigenvalue weighted by atomic mass is 10.0. The summed E-state index contributed by atoms with van der Waals surface area (Å²) in [7, 11) is 0. The molecule has 0 aromatic heterocycles. The zero-order valence-corrected chi connectivity index (χ0v) is 10.1. The molecule has 1 rings (SSSR count). The van der Waals surface area contributed by atoms with Crippen LogP contribution in [0.1, 0.15) is 26.7 Å². The predicted octanol–water partition coefficient (Wildman–Crippen LogP) is 0.578. The highest BCUT2D eigenvalue weighted by atomic mass is 16.6. The molecule has 1 saturated heterocycles. The number of hydrogen-bond acceptors (Lipinski definition) is 4. The van der Waals surface area contributed by atoms with Crippen LogP contribution < -0.4 is 5.32 Å². The molecular formula is C11H22N2O3. The summed E-state index contributed by atoms with van der Waals surface area (Å²) in [6, 6.07) is 0.520. The number of ether oxygens (including phenoxy) is 1. The quantitative estimate of drug-likeness (QED) is 0.741. The number of nitrogens with zero attached hydrogens (tertiary/aromatic N) is 1. The first-order chi connectivity index (χ1) is 7.67. The molecule has 5 heteroatoms. The number of amides is 1. The molecule has 1 amide bonds. The number of likely N-dealkylation sites (tertiary alicyclic amines) is 1. The fraction of sp³-hybridized carbons (Fsp3) is 0.909. The summed E-state index contributed by atoms with van der Waals surface area (Å²) in [6.45, 7) is 5.81. The molecule has 1 heterocycles. The maximum absolute atomic E-state index is 11.4. The highest BCUT2D eigenvalue weighted by Gasteiger charge is 2.23. The number of aliphatic hydroxyl groups is 1. The van der Waals surface area contributed by atoms with Gasteiger partial charge in [0.2, 0.25) is 0 Å². The summed E-state index contributed by atoms with van der Waals surface area (Å²) in [5, 5.41) is 12.3. The van der Waals surface area contributed by atoms with Gasteiger partial charge in [-0.15, -0.1) is 0 Å². The van der Waals surface area contributed by atoms with Crippen LogP contribution in [0.2, 0.25) is 0 Å². The van der Waals surface area contributed by atoms with E-state index in [0.29, 0.717) is 12.6 Å². The van der Waals surface area contributed by atoms with Crippen LogP contribution in [0.3, 0.4) is 0 Å². The Kier molecular flexibility index (Phi) is 5.55. The van der Waals surface area contributed by atoms with Gasteiger partial charge in [-0.25, -0.2) is 4.79 Å². The fourth-order valence-electron chi connectivity index (χ4n) is 1.90. The SMILES string of the molecule is CCOC(=O)N1CCC(N[C@H](C)CO)CC1. The van der Waals surface area contributed by atoms with Crippen LogP contribution in [0.15, 0.2) is 0 Å². The number of nitrogens with one attached hydrogen (secondary N) is 1. The number of hydrogen-bond donors (Lipinski definition) is 2. The smallest absolute Gasteiger partial charge is 0.409 e. The molecule has 1 aliphatic rings. The molecule has 5 nitrogen and oxygen atoms in total. The van der Waals surface area contributed by atoms with E-state index in [9.17, 15) is 4.79 Å². The first-order valence-corrected chi connectivity index (χ1v) is 5.96. The van der Waals surface area contributed by atoms with E-state index in [4.69, 9.17) is 9.84 Å². The Hall–Kier alpha value is -0.810. The lowest BCUT2D eigenvalue weighted by Crippen LogP contribution is -2.48. The summed E-state index contributed by atoms with van der Waals surface area (Å²) in [4.78, 5) is 13.2. The zero-order chi connectivity index (χ0) is 12.0. The van der Waals surface area contributed by atoms with Crippen molar-refractivity contribution in [3.8, 4) is 0 Å². The number of rotatable bonds is 4. The summed E-state index contributed by atoms with van der Waals surface area (Å²) >= 11 is 0. The van der Waals surface area contributed by atoms with Gasteiger partial charge in [0.1, 0.15) is 0 Å². The van der Waals surface area contributed by atoms with Crippen molar-refractivity contribution >= 4 is 6.09 Å². The Labute approximate surface area is 96.8 Å². The van der Waals surface area contributed by atoms with E-state index in [2.05, 4.69) is 5.32 Å². The van der Waals surface area contributed by atoms with Crippen molar-refractivity contribution in [3.63, 3.8) is 0 Å². The fourth-order valence-corrected chi connectivity index (χ4v) is 1.90. The Bertz CT molecular complexity index is 215. The Morgan fingerprint density at radius 3 is 2.69 bits per heavy atom. The minimum atomic E-state index is -0.212. The number of aliphatic hydroxyl groups excluding tert-OH is 1. The molecule has 94 valence electrons. The van der Waals surface area contributed by atoms with Crippen LogP contribution >= 0.6 is 0 Å². The van der Waals surface area contributed by atoms with Crippen LogP contribution in [0.4, 0.5) is 4.79 Å². The summed E-state index contributed by atoms with van der Waals surface area (Å²) < 4.78 is 4.95. The molecule has 0 aromatic carbocycles. The van der Waals surface area contributed by atoms with Gasteiger partial charge >= 0.3 is 6.09 Å². The Balaban J connectivity index is 2.25. The van der Waals surface area contributed by atoms with Gasteiger partial charge in [-0.1, -0.05) is 0 Å². The molecule has 1 atom stereocenters. The second-order valence-electron chi connectivity index (χ2n) is 4.21. The van der Waals surface area contributed by atoms with Crippen molar-refractivity contribution < 1.29 is 14.6 Å². The third-order valence-corrected chi connectivity index (χ3v) is 2.82. The molecule has 0 saturated carbocycles. The number of carbonyl (C=O) groups excluding carboxylic acids is 1. The summed E-state index contributed by atoms with van der Waals surface area (Å²) in [6.07, 6.45) is 1.63. The molecule has 0 radical (unpaired) electrons. The number of piperidine rings is 1. The molecule has 0 aromatic rings. The van der Waals surface area contributed by atoms with E-state index >= 15 is 0 Å². The average molecular weight is 230 g/mol. The maximum atomic E-state index is 11.4. The zero-order valence-electron chi connectivity index (χ0n) is 10.1. The predicted molar refractivity (Wildman–Crippen MR) is 61.3 cm³/mol. The van der Waals surface area contributed by atoms with Crippen LogP contribution in [0, 0.1) is 0 Å². The average Bonchev–Trinajstić information content (AvgIpc) is 2.30. The minimum Gasteiger partial charge on any atom is -0.450 e. The Morgan fingerprint density at radius 1 is 1.56 bits per heavy atom. The normalized spacial score (nSPS) is 19.6. The molecule has 0 unspecified atom stereocenters. The molecule has 0 aliphatic carbocycles. The number of carbonyl (C=O) groups is 1. The second kappa shape index (κ2) is 6.70. The topological polar surface area (TPSA) is 61.8 Å². The second-order valence-corrected chi connectivity index (χ2v) is 4.21. The van der Waals surface area contributed by atoms with E-state index < -0.39 is 0 Å². The van der Waals surface area contributed by atoms with Crippen LogP contribution in [-0.4, -0.2) is 54.5 Å². The van der Waals surface area contributed by atoms with E-state index in [1.165, 1.54) is 0 Å². The van der Waals surface area contributed by atoms with Gasteiger partial charge in [-0.05, 0) is 26.7 Å². The van der Waals surface area contributed by atoms with Crippen molar-refractivity contribution in [2.24, 2.45) is 0 Å². The van der Waals surface area contributed by atoms with Gasteiger partial charge in [0.15, 0.2) is 0 Å². The first kappa shape index (κ1) is 13.3. The van der Waals surface area contributed by atoms with E-state index in [-0.39, 0.29) is 18.7 Å². The van der Waals surface area contributed by atoms with Gasteiger partial charge in [-0.3, -0.25) is 0 Å². The minimum absolute atomic E-state index is 0.124. The molecule has 1 aliphatic heterocycles. The molecular weight excluding hydrogens is 208 g/mol. The van der Waals surface area contributed by atoms with Gasteiger partial charge in [0.25, 0.3) is 0 Å². The first-order valence-electron chi connectivity index (χ1n) is 5.96. The summed E-state index contributed by atoms with van der Waals surface area (Å²) in [5.74, 6) is 0. The monoisotopic (exact) mass is 230 g/mol. The van der Waals surface area contributed by atoms with Gasteiger partial charge in [-0.2, -0.15) is 0 Å². The van der Waals surface area contributed by atoms with Gasteiger partial charge < -0.3 is 20.1 Å². The maximum Gasteiger partial charge on any atom is 0.409 e. The van der Waals surface area contributed by atoms with E-state index in [1.54, 1.807) is 4.90 Å². The molecule has 0 bridgehead atoms. The lowest BCUT2D eigenvalue weighted by Gasteiger charge is -2.32. The van der Waals surface area contributed by atoms with Crippen LogP contribution in [0.25, 0.3) is 0 Å². The van der Waals surface area contributed by atoms with Gasteiger partial charge in [0.05, 0.1) is 13.2 Å². The molecule has 2 N–H and O–H groups in total. The third kappa shape index (κ3) is 3.98. The standard InChI is InChI=1S/C11H22N2O3/c1-3-16-11(15)13-6-4-10(5-7-13)12-9(2)8-14/h9-10,12,14H,3-8H2,1-2H3/t9-/m1/s1.